The van der Waals surface area contributed by atoms with Crippen molar-refractivity contribution >= 4 is 29.3 Å². The highest BCUT2D eigenvalue weighted by atomic mass is 32.1. The Morgan fingerprint density at radius 1 is 1.21 bits per heavy atom. The fourth-order valence-corrected chi connectivity index (χ4v) is 3.40. The smallest absolute Gasteiger partial charge is 0.328 e. The number of hydrogen-bond acceptors (Lipinski definition) is 7. The summed E-state index contributed by atoms with van der Waals surface area (Å²) in [6.45, 7) is 6.06. The van der Waals surface area contributed by atoms with Crippen molar-refractivity contribution in [2.45, 2.75) is 32.4 Å². The lowest BCUT2D eigenvalue weighted by Crippen LogP contribution is -2.49. The van der Waals surface area contributed by atoms with Crippen LogP contribution in [0.3, 0.4) is 0 Å². The van der Waals surface area contributed by atoms with Gasteiger partial charge in [0.25, 0.3) is 0 Å². The molecule has 8 nitrogen and oxygen atoms in total. The minimum atomic E-state index is -0.860. The van der Waals surface area contributed by atoms with Crippen molar-refractivity contribution in [2.75, 3.05) is 40.4 Å². The lowest BCUT2D eigenvalue weighted by atomic mass is 10.2. The molecule has 0 amide bonds. The summed E-state index contributed by atoms with van der Waals surface area (Å²) in [6, 6.07) is 5.19. The van der Waals surface area contributed by atoms with E-state index in [1.165, 1.54) is 14.2 Å². The lowest BCUT2D eigenvalue weighted by molar-refractivity contribution is -0.149. The molecule has 154 valence electrons. The predicted octanol–water partition coefficient (Wildman–Crippen LogP) is 0.877. The Labute approximate surface area is 171 Å². The molecule has 1 aromatic heterocycles. The zero-order valence-electron chi connectivity index (χ0n) is 16.6. The first-order valence-corrected chi connectivity index (χ1v) is 9.68. The first-order chi connectivity index (χ1) is 13.4. The number of carbonyl (C=O) groups excluding carboxylic acids is 2. The van der Waals surface area contributed by atoms with E-state index in [1.807, 2.05) is 30.0 Å². The molecule has 1 aliphatic heterocycles. The lowest BCUT2D eigenvalue weighted by Gasteiger charge is -2.27. The Bertz CT molecular complexity index is 700. The Balaban J connectivity index is 1.91. The third-order valence-electron chi connectivity index (χ3n) is 4.59. The second-order valence-electron chi connectivity index (χ2n) is 6.69. The van der Waals surface area contributed by atoms with Crippen molar-refractivity contribution < 1.29 is 19.1 Å². The summed E-state index contributed by atoms with van der Waals surface area (Å²) < 4.78 is 9.41. The third-order valence-corrected chi connectivity index (χ3v) is 4.97. The summed E-state index contributed by atoms with van der Waals surface area (Å²) in [5, 5.41) is 3.39. The van der Waals surface area contributed by atoms with Gasteiger partial charge < -0.3 is 19.7 Å². The standard InChI is InChI=1S/C19H28N4O4S/c1-14-6-4-7-15(20-14)13-22-8-5-9-23(11-10-22)19(28)21-16(18(25)27-3)12-17(24)26-2/h4,6-7,16H,5,8-13H2,1-3H3,(H,21,28). The highest BCUT2D eigenvalue weighted by molar-refractivity contribution is 7.80. The van der Waals surface area contributed by atoms with Gasteiger partial charge in [-0.1, -0.05) is 6.07 Å². The molecular weight excluding hydrogens is 380 g/mol. The number of hydrogen-bond donors (Lipinski definition) is 1. The maximum absolute atomic E-state index is 11.9. The monoisotopic (exact) mass is 408 g/mol. The van der Waals surface area contributed by atoms with E-state index in [2.05, 4.69) is 19.9 Å². The Morgan fingerprint density at radius 3 is 2.68 bits per heavy atom. The van der Waals surface area contributed by atoms with Gasteiger partial charge in [-0.25, -0.2) is 4.79 Å². The molecule has 1 aromatic rings. The van der Waals surface area contributed by atoms with Gasteiger partial charge in [0.1, 0.15) is 6.04 Å². The summed E-state index contributed by atoms with van der Waals surface area (Å²) in [4.78, 5) is 32.4. The van der Waals surface area contributed by atoms with E-state index in [9.17, 15) is 9.59 Å². The molecule has 1 aliphatic rings. The van der Waals surface area contributed by atoms with Crippen LogP contribution in [-0.2, 0) is 25.6 Å². The molecule has 0 spiro atoms. The van der Waals surface area contributed by atoms with Crippen LogP contribution < -0.4 is 5.32 Å². The van der Waals surface area contributed by atoms with Gasteiger partial charge >= 0.3 is 11.9 Å². The third kappa shape index (κ3) is 6.72. The van der Waals surface area contributed by atoms with E-state index < -0.39 is 18.0 Å². The van der Waals surface area contributed by atoms with E-state index in [4.69, 9.17) is 17.0 Å². The van der Waals surface area contributed by atoms with Gasteiger partial charge in [-0.3, -0.25) is 14.7 Å². The van der Waals surface area contributed by atoms with Crippen LogP contribution in [0.25, 0.3) is 0 Å². The first kappa shape index (κ1) is 22.0. The second-order valence-corrected chi connectivity index (χ2v) is 7.08. The zero-order chi connectivity index (χ0) is 20.5. The van der Waals surface area contributed by atoms with Crippen LogP contribution in [0.15, 0.2) is 18.2 Å². The van der Waals surface area contributed by atoms with Crippen molar-refractivity contribution in [3.05, 3.63) is 29.6 Å². The number of ether oxygens (including phenoxy) is 2. The van der Waals surface area contributed by atoms with Crippen molar-refractivity contribution in [2.24, 2.45) is 0 Å². The maximum Gasteiger partial charge on any atom is 0.328 e. The van der Waals surface area contributed by atoms with Crippen LogP contribution >= 0.6 is 12.2 Å². The minimum Gasteiger partial charge on any atom is -0.469 e. The number of thiocarbonyl (C=S) groups is 1. The number of nitrogens with zero attached hydrogens (tertiary/aromatic N) is 3. The fourth-order valence-electron chi connectivity index (χ4n) is 3.07. The summed E-state index contributed by atoms with van der Waals surface area (Å²) in [5.74, 6) is -1.05. The average Bonchev–Trinajstić information content (AvgIpc) is 2.92. The molecule has 1 atom stereocenters. The number of aromatic nitrogens is 1. The molecule has 0 bridgehead atoms. The molecule has 1 unspecified atom stereocenters. The molecule has 0 aromatic carbocycles. The van der Waals surface area contributed by atoms with Crippen LogP contribution in [0.5, 0.6) is 0 Å². The number of methoxy groups -OCH3 is 2. The van der Waals surface area contributed by atoms with E-state index in [0.29, 0.717) is 5.11 Å². The molecular formula is C19H28N4O4S. The van der Waals surface area contributed by atoms with Crippen molar-refractivity contribution in [3.8, 4) is 0 Å². The fraction of sp³-hybridized carbons (Fsp3) is 0.579. The van der Waals surface area contributed by atoms with Crippen LogP contribution in [0.4, 0.5) is 0 Å². The summed E-state index contributed by atoms with van der Waals surface area (Å²) in [7, 11) is 2.56. The van der Waals surface area contributed by atoms with Crippen molar-refractivity contribution in [1.82, 2.24) is 20.1 Å². The summed E-state index contributed by atoms with van der Waals surface area (Å²) in [6.07, 6.45) is 0.801. The van der Waals surface area contributed by atoms with E-state index >= 15 is 0 Å². The summed E-state index contributed by atoms with van der Waals surface area (Å²) in [5.41, 5.74) is 2.07. The Kier molecular flexibility index (Phi) is 8.59. The molecule has 9 heteroatoms. The van der Waals surface area contributed by atoms with Gasteiger partial charge in [0.15, 0.2) is 5.11 Å². The largest absolute Gasteiger partial charge is 0.469 e. The van der Waals surface area contributed by atoms with Crippen molar-refractivity contribution in [1.29, 1.82) is 0 Å². The minimum absolute atomic E-state index is 0.137. The van der Waals surface area contributed by atoms with Crippen LogP contribution in [0.1, 0.15) is 24.2 Å². The quantitative estimate of drug-likeness (QED) is 0.545. The van der Waals surface area contributed by atoms with Gasteiger partial charge in [0.2, 0.25) is 0 Å². The highest BCUT2D eigenvalue weighted by Crippen LogP contribution is 2.09. The second kappa shape index (κ2) is 10.9. The predicted molar refractivity (Wildman–Crippen MR) is 109 cm³/mol. The molecule has 2 rings (SSSR count). The average molecular weight is 409 g/mol. The number of pyridine rings is 1. The molecule has 1 saturated heterocycles. The van der Waals surface area contributed by atoms with Crippen LogP contribution in [0.2, 0.25) is 0 Å². The van der Waals surface area contributed by atoms with Crippen molar-refractivity contribution in [3.63, 3.8) is 0 Å². The number of aryl methyl sites for hydroxylation is 1. The first-order valence-electron chi connectivity index (χ1n) is 9.28. The maximum atomic E-state index is 11.9. The SMILES string of the molecule is COC(=O)CC(NC(=S)N1CCCN(Cc2cccc(C)n2)CC1)C(=O)OC. The normalized spacial score (nSPS) is 16.0. The van der Waals surface area contributed by atoms with Gasteiger partial charge in [0.05, 0.1) is 26.3 Å². The van der Waals surface area contributed by atoms with E-state index in [-0.39, 0.29) is 6.42 Å². The van der Waals surface area contributed by atoms with Gasteiger partial charge in [-0.05, 0) is 37.7 Å². The number of carbonyl (C=O) groups is 2. The van der Waals surface area contributed by atoms with Crippen LogP contribution in [-0.4, -0.2) is 78.3 Å². The molecule has 0 radical (unpaired) electrons. The Hall–Kier alpha value is -2.26. The molecule has 1 N–H and O–H groups in total. The van der Waals surface area contributed by atoms with Crippen LogP contribution in [0, 0.1) is 6.92 Å². The van der Waals surface area contributed by atoms with E-state index in [0.717, 1.165) is 50.5 Å². The molecule has 1 fully saturated rings. The number of nitrogens with one attached hydrogen (secondary N) is 1. The zero-order valence-corrected chi connectivity index (χ0v) is 17.5. The molecule has 28 heavy (non-hydrogen) atoms. The molecule has 2 heterocycles. The molecule has 0 saturated carbocycles. The van der Waals surface area contributed by atoms with E-state index in [1.54, 1.807) is 0 Å². The topological polar surface area (TPSA) is 84.0 Å². The van der Waals surface area contributed by atoms with Gasteiger partial charge in [-0.2, -0.15) is 0 Å². The van der Waals surface area contributed by atoms with Gasteiger partial charge in [0, 0.05) is 38.4 Å². The Morgan fingerprint density at radius 2 is 2.00 bits per heavy atom. The van der Waals surface area contributed by atoms with Gasteiger partial charge in [-0.15, -0.1) is 0 Å². The molecule has 0 aliphatic carbocycles. The highest BCUT2D eigenvalue weighted by Gasteiger charge is 2.26. The number of esters is 2. The summed E-state index contributed by atoms with van der Waals surface area (Å²) >= 11 is 5.48. The number of rotatable bonds is 6.